The Labute approximate surface area is 211 Å². The molecule has 7 heteroatoms. The maximum atomic E-state index is 10.1. The number of nitrogens with zero attached hydrogens (tertiary/aromatic N) is 4. The van der Waals surface area contributed by atoms with Gasteiger partial charge in [0, 0.05) is 62.6 Å². The Hall–Kier alpha value is -1.70. The number of piperazine rings is 1. The van der Waals surface area contributed by atoms with Crippen LogP contribution >= 0.6 is 0 Å². The minimum absolute atomic E-state index is 0.139. The third-order valence-electron chi connectivity index (χ3n) is 8.77. The first-order chi connectivity index (χ1) is 17.1. The smallest absolute Gasteiger partial charge is 0.224 e. The summed E-state index contributed by atoms with van der Waals surface area (Å²) in [6, 6.07) is 0.797. The van der Waals surface area contributed by atoms with Crippen LogP contribution in [0.4, 0.5) is 5.95 Å². The normalized spacial score (nSPS) is 29.3. The topological polar surface area (TPSA) is 78.2 Å². The van der Waals surface area contributed by atoms with Gasteiger partial charge < -0.3 is 25.2 Å². The number of nitrogens with one attached hydrogen (secondary N) is 2. The molecule has 2 aromatic rings. The van der Waals surface area contributed by atoms with Crippen LogP contribution in [-0.2, 0) is 0 Å². The van der Waals surface area contributed by atoms with Crippen molar-refractivity contribution in [3.8, 4) is 0 Å². The highest BCUT2D eigenvalue weighted by atomic mass is 16.3. The summed E-state index contributed by atoms with van der Waals surface area (Å²) in [5, 5.41) is 18.3. The minimum Gasteiger partial charge on any atom is -0.393 e. The molecule has 1 aliphatic heterocycles. The first-order valence-electron chi connectivity index (χ1n) is 14.4. The second-order valence-electron chi connectivity index (χ2n) is 11.5. The molecule has 3 fully saturated rings. The van der Waals surface area contributed by atoms with Crippen LogP contribution in [0.1, 0.15) is 95.6 Å². The molecule has 0 aromatic carbocycles. The van der Waals surface area contributed by atoms with Crippen molar-refractivity contribution in [1.29, 1.82) is 0 Å². The van der Waals surface area contributed by atoms with Crippen LogP contribution in [0.5, 0.6) is 0 Å². The van der Waals surface area contributed by atoms with Gasteiger partial charge in [0.2, 0.25) is 5.95 Å². The van der Waals surface area contributed by atoms with Crippen molar-refractivity contribution in [2.45, 2.75) is 102 Å². The van der Waals surface area contributed by atoms with Crippen LogP contribution in [0.2, 0.25) is 0 Å². The van der Waals surface area contributed by atoms with Gasteiger partial charge in [-0.15, -0.1) is 0 Å². The molecule has 0 spiro atoms. The second-order valence-corrected chi connectivity index (χ2v) is 11.5. The Balaban J connectivity index is 1.34. The van der Waals surface area contributed by atoms with E-state index in [1.54, 1.807) is 0 Å². The number of hydrogen-bond donors (Lipinski definition) is 3. The zero-order chi connectivity index (χ0) is 24.2. The van der Waals surface area contributed by atoms with E-state index >= 15 is 0 Å². The Morgan fingerprint density at radius 2 is 1.83 bits per heavy atom. The third-order valence-corrected chi connectivity index (χ3v) is 8.77. The highest BCUT2D eigenvalue weighted by Crippen LogP contribution is 2.41. The van der Waals surface area contributed by atoms with E-state index in [4.69, 9.17) is 9.97 Å². The molecule has 3 aliphatic rings. The molecule has 3 N–H and O–H groups in total. The van der Waals surface area contributed by atoms with Gasteiger partial charge in [0.15, 0.2) is 0 Å². The highest BCUT2D eigenvalue weighted by Gasteiger charge is 2.29. The van der Waals surface area contributed by atoms with E-state index in [0.29, 0.717) is 18.0 Å². The summed E-state index contributed by atoms with van der Waals surface area (Å²) in [4.78, 5) is 12.5. The Morgan fingerprint density at radius 1 is 1.09 bits per heavy atom. The van der Waals surface area contributed by atoms with Crippen LogP contribution in [0.15, 0.2) is 12.4 Å². The van der Waals surface area contributed by atoms with E-state index in [2.05, 4.69) is 46.3 Å². The molecule has 0 bridgehead atoms. The van der Waals surface area contributed by atoms with Crippen LogP contribution in [0.25, 0.3) is 11.0 Å². The summed E-state index contributed by atoms with van der Waals surface area (Å²) in [5.74, 6) is 2.19. The number of aromatic nitrogens is 3. The number of aliphatic hydroxyl groups excluding tert-OH is 1. The van der Waals surface area contributed by atoms with E-state index in [1.807, 2.05) is 0 Å². The summed E-state index contributed by atoms with van der Waals surface area (Å²) in [7, 11) is 0. The summed E-state index contributed by atoms with van der Waals surface area (Å²) in [6.07, 6.45) is 15.7. The van der Waals surface area contributed by atoms with Crippen LogP contribution in [-0.4, -0.2) is 69.4 Å². The lowest BCUT2D eigenvalue weighted by Crippen LogP contribution is -2.45. The molecule has 2 aliphatic carbocycles. The first-order valence-corrected chi connectivity index (χ1v) is 14.4. The molecule has 2 aromatic heterocycles. The van der Waals surface area contributed by atoms with Crippen molar-refractivity contribution in [2.75, 3.05) is 38.0 Å². The molecule has 2 saturated carbocycles. The lowest BCUT2D eigenvalue weighted by Gasteiger charge is -2.34. The summed E-state index contributed by atoms with van der Waals surface area (Å²) < 4.78 is 2.45. The average Bonchev–Trinajstić information content (AvgIpc) is 3.24. The monoisotopic (exact) mass is 482 g/mol. The molecule has 0 radical (unpaired) electrons. The molecule has 194 valence electrons. The summed E-state index contributed by atoms with van der Waals surface area (Å²) >= 11 is 0. The van der Waals surface area contributed by atoms with Gasteiger partial charge in [-0.3, -0.25) is 0 Å². The van der Waals surface area contributed by atoms with E-state index in [1.165, 1.54) is 56.3 Å². The maximum Gasteiger partial charge on any atom is 0.224 e. The molecular weight excluding hydrogens is 436 g/mol. The maximum absolute atomic E-state index is 10.1. The number of rotatable bonds is 8. The van der Waals surface area contributed by atoms with Gasteiger partial charge in [0.1, 0.15) is 5.65 Å². The molecule has 1 saturated heterocycles. The van der Waals surface area contributed by atoms with Gasteiger partial charge in [0.25, 0.3) is 0 Å². The van der Waals surface area contributed by atoms with Gasteiger partial charge in [-0.1, -0.05) is 13.3 Å². The molecule has 5 rings (SSSR count). The zero-order valence-electron chi connectivity index (χ0n) is 21.9. The molecule has 35 heavy (non-hydrogen) atoms. The van der Waals surface area contributed by atoms with E-state index in [-0.39, 0.29) is 6.10 Å². The fourth-order valence-corrected chi connectivity index (χ4v) is 6.70. The highest BCUT2D eigenvalue weighted by molar-refractivity contribution is 5.81. The number of aliphatic hydroxyl groups is 1. The quantitative estimate of drug-likeness (QED) is 0.507. The number of anilines is 1. The molecule has 3 heterocycles. The van der Waals surface area contributed by atoms with Gasteiger partial charge in [-0.05, 0) is 82.1 Å². The van der Waals surface area contributed by atoms with Gasteiger partial charge in [-0.2, -0.15) is 4.98 Å². The zero-order valence-corrected chi connectivity index (χ0v) is 21.9. The van der Waals surface area contributed by atoms with Gasteiger partial charge >= 0.3 is 0 Å². The van der Waals surface area contributed by atoms with Gasteiger partial charge in [-0.25, -0.2) is 4.98 Å². The largest absolute Gasteiger partial charge is 0.393 e. The Kier molecular flexibility index (Phi) is 8.25. The molecular formula is C28H46N6O. The van der Waals surface area contributed by atoms with Crippen molar-refractivity contribution in [3.63, 3.8) is 0 Å². The van der Waals surface area contributed by atoms with E-state index in [0.717, 1.165) is 69.1 Å². The molecule has 7 nitrogen and oxygen atoms in total. The lowest BCUT2D eigenvalue weighted by molar-refractivity contribution is 0.111. The van der Waals surface area contributed by atoms with Gasteiger partial charge in [0.05, 0.1) is 6.10 Å². The van der Waals surface area contributed by atoms with Crippen LogP contribution in [0.3, 0.4) is 0 Å². The lowest BCUT2D eigenvalue weighted by atomic mass is 9.78. The SMILES string of the molecule is CCC[C@H](C)Nc1ncc2c(C3CCC(CN4CCNCC4)CC3)cn(C3CCC(O)CC3)c2n1. The Morgan fingerprint density at radius 3 is 2.54 bits per heavy atom. The summed E-state index contributed by atoms with van der Waals surface area (Å²) in [6.45, 7) is 10.4. The first kappa shape index (κ1) is 25.0. The van der Waals surface area contributed by atoms with Crippen LogP contribution in [0, 0.1) is 5.92 Å². The van der Waals surface area contributed by atoms with Crippen molar-refractivity contribution < 1.29 is 5.11 Å². The predicted octanol–water partition coefficient (Wildman–Crippen LogP) is 4.69. The molecule has 0 unspecified atom stereocenters. The standard InChI is InChI=1S/C28H46N6O/c1-3-4-20(2)31-28-30-17-25-26(19-34(27(25)32-28)23-9-11-24(35)12-10-23)22-7-5-21(6-8-22)18-33-15-13-29-14-16-33/h17,19-24,29,35H,3-16,18H2,1-2H3,(H,30,31,32)/t20-,21?,22?,23?,24?/m0/s1. The van der Waals surface area contributed by atoms with Crippen molar-refractivity contribution in [1.82, 2.24) is 24.8 Å². The fraction of sp³-hybridized carbons (Fsp3) is 0.786. The van der Waals surface area contributed by atoms with E-state index < -0.39 is 0 Å². The molecule has 1 atom stereocenters. The third kappa shape index (κ3) is 6.00. The van der Waals surface area contributed by atoms with E-state index in [9.17, 15) is 5.11 Å². The number of hydrogen-bond acceptors (Lipinski definition) is 6. The Bertz CT molecular complexity index is 938. The van der Waals surface area contributed by atoms with Crippen molar-refractivity contribution in [3.05, 3.63) is 18.0 Å². The summed E-state index contributed by atoms with van der Waals surface area (Å²) in [5.41, 5.74) is 2.55. The van der Waals surface area contributed by atoms with Crippen LogP contribution < -0.4 is 10.6 Å². The fourth-order valence-electron chi connectivity index (χ4n) is 6.70. The van der Waals surface area contributed by atoms with Crippen molar-refractivity contribution in [2.24, 2.45) is 5.92 Å². The van der Waals surface area contributed by atoms with Crippen molar-refractivity contribution >= 4 is 17.0 Å². The number of fused-ring (bicyclic) bond motifs is 1. The predicted molar refractivity (Wildman–Crippen MR) is 143 cm³/mol. The average molecular weight is 483 g/mol. The minimum atomic E-state index is -0.139. The second kappa shape index (κ2) is 11.6. The molecule has 0 amide bonds.